The van der Waals surface area contributed by atoms with Gasteiger partial charge in [0.1, 0.15) is 5.00 Å². The van der Waals surface area contributed by atoms with Crippen LogP contribution in [0.5, 0.6) is 0 Å². The van der Waals surface area contributed by atoms with Crippen molar-refractivity contribution in [2.24, 2.45) is 11.3 Å². The lowest BCUT2D eigenvalue weighted by Gasteiger charge is -2.33. The van der Waals surface area contributed by atoms with Gasteiger partial charge in [-0.1, -0.05) is 39.0 Å². The fraction of sp³-hybridized carbons (Fsp3) is 0.429. The molecule has 1 unspecified atom stereocenters. The molecule has 156 valence electrons. The smallest absolute Gasteiger partial charge is 0.322 e. The highest BCUT2D eigenvalue weighted by Gasteiger charge is 2.41. The summed E-state index contributed by atoms with van der Waals surface area (Å²) in [6.07, 6.45) is -2.92. The van der Waals surface area contributed by atoms with Gasteiger partial charge in [-0.05, 0) is 48.3 Å². The van der Waals surface area contributed by atoms with Crippen molar-refractivity contribution in [1.29, 1.82) is 0 Å². The number of thiophene rings is 1. The van der Waals surface area contributed by atoms with E-state index in [9.17, 15) is 22.8 Å². The third kappa shape index (κ3) is 4.80. The maximum absolute atomic E-state index is 12.9. The monoisotopic (exact) mass is 424 g/mol. The van der Waals surface area contributed by atoms with Gasteiger partial charge in [0.25, 0.3) is 5.91 Å². The van der Waals surface area contributed by atoms with E-state index in [1.807, 2.05) is 5.32 Å². The first-order valence-electron chi connectivity index (χ1n) is 9.36. The average Bonchev–Trinajstić information content (AvgIpc) is 2.98. The summed E-state index contributed by atoms with van der Waals surface area (Å²) in [6, 6.07) is 8.68. The summed E-state index contributed by atoms with van der Waals surface area (Å²) < 4.78 is 38.4. The molecule has 0 aliphatic heterocycles. The molecule has 2 N–H and O–H groups in total. The molecular weight excluding hydrogens is 401 g/mol. The zero-order valence-electron chi connectivity index (χ0n) is 16.4. The normalized spacial score (nSPS) is 16.8. The third-order valence-electron chi connectivity index (χ3n) is 5.23. The number of carbonyl (C=O) groups excluding carboxylic acids is 2. The van der Waals surface area contributed by atoms with Crippen LogP contribution >= 0.6 is 11.3 Å². The number of alkyl halides is 3. The Balaban J connectivity index is 1.97. The number of carbonyl (C=O) groups is 2. The molecule has 2 aromatic rings. The number of fused-ring (bicyclic) bond motifs is 1. The van der Waals surface area contributed by atoms with Gasteiger partial charge in [-0.3, -0.25) is 9.59 Å². The van der Waals surface area contributed by atoms with Crippen LogP contribution < -0.4 is 10.6 Å². The zero-order chi connectivity index (χ0) is 21.4. The van der Waals surface area contributed by atoms with Crippen molar-refractivity contribution >= 4 is 33.8 Å². The standard InChI is InChI=1S/C21H23F3N2O2S/c1-20(2,3)12-9-10-14-15(11-12)29-18(26-19(28)21(22,23)24)16(14)17(27)25-13-7-5-4-6-8-13/h4-8,12H,9-11H2,1-3H3,(H,25,27)(H,26,28). The number of amides is 2. The highest BCUT2D eigenvalue weighted by atomic mass is 32.1. The van der Waals surface area contributed by atoms with Crippen molar-refractivity contribution < 1.29 is 22.8 Å². The Morgan fingerprint density at radius 3 is 2.31 bits per heavy atom. The largest absolute Gasteiger partial charge is 0.471 e. The Bertz CT molecular complexity index is 914. The molecule has 0 bridgehead atoms. The van der Waals surface area contributed by atoms with Crippen LogP contribution in [-0.2, 0) is 17.6 Å². The van der Waals surface area contributed by atoms with E-state index in [-0.39, 0.29) is 16.0 Å². The Kier molecular flexibility index (Phi) is 5.76. The third-order valence-corrected chi connectivity index (χ3v) is 6.40. The first-order valence-corrected chi connectivity index (χ1v) is 10.2. The van der Waals surface area contributed by atoms with E-state index in [1.54, 1.807) is 30.3 Å². The van der Waals surface area contributed by atoms with E-state index in [2.05, 4.69) is 26.1 Å². The minimum Gasteiger partial charge on any atom is -0.322 e. The van der Waals surface area contributed by atoms with Gasteiger partial charge in [-0.2, -0.15) is 13.2 Å². The van der Waals surface area contributed by atoms with Crippen LogP contribution in [0.4, 0.5) is 23.9 Å². The number of hydrogen-bond acceptors (Lipinski definition) is 3. The highest BCUT2D eigenvalue weighted by molar-refractivity contribution is 7.17. The lowest BCUT2D eigenvalue weighted by molar-refractivity contribution is -0.167. The van der Waals surface area contributed by atoms with Crippen LogP contribution in [-0.4, -0.2) is 18.0 Å². The zero-order valence-corrected chi connectivity index (χ0v) is 17.3. The van der Waals surface area contributed by atoms with Crippen molar-refractivity contribution in [3.05, 3.63) is 46.3 Å². The van der Waals surface area contributed by atoms with Gasteiger partial charge in [0.2, 0.25) is 0 Å². The molecule has 0 fully saturated rings. The van der Waals surface area contributed by atoms with E-state index in [1.165, 1.54) is 0 Å². The summed E-state index contributed by atoms with van der Waals surface area (Å²) in [7, 11) is 0. The molecule has 2 amide bonds. The molecular formula is C21H23F3N2O2S. The fourth-order valence-corrected chi connectivity index (χ4v) is 4.86. The second-order valence-electron chi connectivity index (χ2n) is 8.29. The molecule has 0 saturated carbocycles. The molecule has 0 spiro atoms. The lowest BCUT2D eigenvalue weighted by atomic mass is 9.72. The summed E-state index contributed by atoms with van der Waals surface area (Å²) in [5.41, 5.74) is 1.46. The van der Waals surface area contributed by atoms with Crippen LogP contribution in [0.1, 0.15) is 48.0 Å². The predicted octanol–water partition coefficient (Wildman–Crippen LogP) is 5.65. The molecule has 3 rings (SSSR count). The minimum absolute atomic E-state index is 0.0414. The van der Waals surface area contributed by atoms with Crippen molar-refractivity contribution in [2.45, 2.75) is 46.2 Å². The fourth-order valence-electron chi connectivity index (χ4n) is 3.54. The summed E-state index contributed by atoms with van der Waals surface area (Å²) >= 11 is 1.07. The molecule has 1 aromatic carbocycles. The Morgan fingerprint density at radius 2 is 1.72 bits per heavy atom. The van der Waals surface area contributed by atoms with Crippen LogP contribution in [0.3, 0.4) is 0 Å². The van der Waals surface area contributed by atoms with E-state index < -0.39 is 18.0 Å². The average molecular weight is 424 g/mol. The molecule has 0 saturated heterocycles. The van der Waals surface area contributed by atoms with E-state index in [0.29, 0.717) is 24.4 Å². The second kappa shape index (κ2) is 7.82. The predicted molar refractivity (Wildman–Crippen MR) is 108 cm³/mol. The molecule has 1 aromatic heterocycles. The van der Waals surface area contributed by atoms with Crippen LogP contribution in [0.25, 0.3) is 0 Å². The van der Waals surface area contributed by atoms with Crippen molar-refractivity contribution in [3.8, 4) is 0 Å². The van der Waals surface area contributed by atoms with Gasteiger partial charge < -0.3 is 10.6 Å². The molecule has 1 aliphatic rings. The Hall–Kier alpha value is -2.35. The van der Waals surface area contributed by atoms with Crippen LogP contribution in [0.15, 0.2) is 30.3 Å². The highest BCUT2D eigenvalue weighted by Crippen LogP contribution is 2.44. The van der Waals surface area contributed by atoms with E-state index in [0.717, 1.165) is 28.2 Å². The Morgan fingerprint density at radius 1 is 1.07 bits per heavy atom. The van der Waals surface area contributed by atoms with Gasteiger partial charge in [0.15, 0.2) is 0 Å². The number of para-hydroxylation sites is 1. The number of hydrogen-bond donors (Lipinski definition) is 2. The van der Waals surface area contributed by atoms with E-state index >= 15 is 0 Å². The van der Waals surface area contributed by atoms with Crippen LogP contribution in [0.2, 0.25) is 0 Å². The number of halogens is 3. The molecule has 1 aliphatic carbocycles. The van der Waals surface area contributed by atoms with Crippen molar-refractivity contribution in [1.82, 2.24) is 0 Å². The summed E-state index contributed by atoms with van der Waals surface area (Å²) in [6.45, 7) is 6.39. The van der Waals surface area contributed by atoms with Gasteiger partial charge >= 0.3 is 12.1 Å². The van der Waals surface area contributed by atoms with Gasteiger partial charge in [0.05, 0.1) is 5.56 Å². The molecule has 1 atom stereocenters. The first-order chi connectivity index (χ1) is 13.5. The van der Waals surface area contributed by atoms with Gasteiger partial charge in [-0.25, -0.2) is 0 Å². The summed E-state index contributed by atoms with van der Waals surface area (Å²) in [4.78, 5) is 25.4. The van der Waals surface area contributed by atoms with Crippen LogP contribution in [0, 0.1) is 11.3 Å². The molecule has 4 nitrogen and oxygen atoms in total. The number of rotatable bonds is 3. The Labute approximate surface area is 171 Å². The van der Waals surface area contributed by atoms with E-state index in [4.69, 9.17) is 0 Å². The maximum Gasteiger partial charge on any atom is 0.471 e. The number of nitrogens with one attached hydrogen (secondary N) is 2. The summed E-state index contributed by atoms with van der Waals surface area (Å²) in [5.74, 6) is -2.23. The topological polar surface area (TPSA) is 58.2 Å². The van der Waals surface area contributed by atoms with Crippen molar-refractivity contribution in [2.75, 3.05) is 10.6 Å². The molecule has 8 heteroatoms. The van der Waals surface area contributed by atoms with Gasteiger partial charge in [-0.15, -0.1) is 11.3 Å². The SMILES string of the molecule is CC(C)(C)C1CCc2c(sc(NC(=O)C(F)(F)F)c2C(=O)Nc2ccccc2)C1. The number of benzene rings is 1. The quantitative estimate of drug-likeness (QED) is 0.669. The van der Waals surface area contributed by atoms with Gasteiger partial charge in [0, 0.05) is 10.6 Å². The first kappa shape index (κ1) is 21.4. The number of anilines is 2. The summed E-state index contributed by atoms with van der Waals surface area (Å²) in [5, 5.41) is 4.60. The molecule has 29 heavy (non-hydrogen) atoms. The second-order valence-corrected chi connectivity index (χ2v) is 9.39. The molecule has 1 heterocycles. The lowest BCUT2D eigenvalue weighted by Crippen LogP contribution is -2.30. The minimum atomic E-state index is -5.02. The molecule has 0 radical (unpaired) electrons. The van der Waals surface area contributed by atoms with Crippen molar-refractivity contribution in [3.63, 3.8) is 0 Å². The maximum atomic E-state index is 12.9.